The van der Waals surface area contributed by atoms with E-state index in [1.54, 1.807) is 26.2 Å². The van der Waals surface area contributed by atoms with E-state index in [2.05, 4.69) is 10.1 Å². The second-order valence-corrected chi connectivity index (χ2v) is 6.80. The molecule has 0 radical (unpaired) electrons. The first-order chi connectivity index (χ1) is 15.4. The molecule has 0 atom stereocenters. The van der Waals surface area contributed by atoms with Gasteiger partial charge in [-0.25, -0.2) is 9.07 Å². The zero-order chi connectivity index (χ0) is 23.1. The Morgan fingerprint density at radius 3 is 2.44 bits per heavy atom. The van der Waals surface area contributed by atoms with Crippen LogP contribution >= 0.6 is 0 Å². The number of para-hydroxylation sites is 2. The number of H-pyrrole nitrogens is 1. The fraction of sp³-hybridized carbons (Fsp3) is 0.261. The Morgan fingerprint density at radius 1 is 1.09 bits per heavy atom. The Hall–Kier alpha value is -3.88. The summed E-state index contributed by atoms with van der Waals surface area (Å²) in [4.78, 5) is 29.4. The topological polar surface area (TPSA) is 94.9 Å². The van der Waals surface area contributed by atoms with Crippen molar-refractivity contribution in [2.75, 3.05) is 27.4 Å². The Kier molecular flexibility index (Phi) is 7.43. The fourth-order valence-corrected chi connectivity index (χ4v) is 3.16. The molecule has 3 aromatic rings. The summed E-state index contributed by atoms with van der Waals surface area (Å²) in [6, 6.07) is 12.7. The van der Waals surface area contributed by atoms with E-state index < -0.39 is 17.3 Å². The molecule has 1 aromatic heterocycles. The van der Waals surface area contributed by atoms with Gasteiger partial charge in [0.05, 0.1) is 44.1 Å². The van der Waals surface area contributed by atoms with Crippen molar-refractivity contribution >= 4 is 11.7 Å². The summed E-state index contributed by atoms with van der Waals surface area (Å²) in [5, 5.41) is 2.92. The van der Waals surface area contributed by atoms with Gasteiger partial charge in [-0.1, -0.05) is 12.1 Å². The predicted molar refractivity (Wildman–Crippen MR) is 118 cm³/mol. The molecule has 0 aliphatic rings. The van der Waals surface area contributed by atoms with Crippen molar-refractivity contribution in [3.05, 3.63) is 76.0 Å². The first-order valence-corrected chi connectivity index (χ1v) is 9.88. The maximum atomic E-state index is 13.3. The van der Waals surface area contributed by atoms with E-state index in [0.29, 0.717) is 28.6 Å². The van der Waals surface area contributed by atoms with Crippen LogP contribution in [-0.4, -0.2) is 48.8 Å². The van der Waals surface area contributed by atoms with Crippen molar-refractivity contribution in [3.8, 4) is 17.2 Å². The minimum absolute atomic E-state index is 0.139. The largest absolute Gasteiger partial charge is 0.493 e. The van der Waals surface area contributed by atoms with E-state index in [1.807, 2.05) is 12.1 Å². The number of methoxy groups -OCH3 is 2. The summed E-state index contributed by atoms with van der Waals surface area (Å²) in [6.45, 7) is 2.23. The van der Waals surface area contributed by atoms with Crippen molar-refractivity contribution < 1.29 is 23.4 Å². The quantitative estimate of drug-likeness (QED) is 0.313. The zero-order valence-electron chi connectivity index (χ0n) is 18.1. The molecule has 0 bridgehead atoms. The van der Waals surface area contributed by atoms with Crippen molar-refractivity contribution in [2.45, 2.75) is 13.3 Å². The van der Waals surface area contributed by atoms with Gasteiger partial charge in [0.1, 0.15) is 12.4 Å². The summed E-state index contributed by atoms with van der Waals surface area (Å²) < 4.78 is 30.2. The molecule has 32 heavy (non-hydrogen) atoms. The Balaban J connectivity index is 1.84. The van der Waals surface area contributed by atoms with Gasteiger partial charge < -0.3 is 14.2 Å². The smallest absolute Gasteiger partial charge is 0.311 e. The van der Waals surface area contributed by atoms with Crippen LogP contribution in [0.5, 0.6) is 11.5 Å². The molecular weight excluding hydrogens is 417 g/mol. The minimum atomic E-state index is -0.508. The molecule has 0 aliphatic heterocycles. The lowest BCUT2D eigenvalue weighted by molar-refractivity contribution is -0.139. The number of ether oxygens (including phenoxy) is 3. The standard InChI is InChI=1S/C23H24FN3O5/c1-15(25-12-13-32-20-7-5-4-6-19(20)30-2)22-18(14-21(28)31-3)26-27(23(22)29)17-10-8-16(24)9-11-17/h4-11,26H,12-14H2,1-3H3. The molecule has 1 heterocycles. The fourth-order valence-electron chi connectivity index (χ4n) is 3.16. The molecular formula is C23H24FN3O5. The Labute approximate surface area is 184 Å². The summed E-state index contributed by atoms with van der Waals surface area (Å²) in [5.74, 6) is 0.276. The van der Waals surface area contributed by atoms with Gasteiger partial charge in [0.2, 0.25) is 0 Å². The lowest BCUT2D eigenvalue weighted by atomic mass is 10.1. The molecule has 2 aromatic carbocycles. The summed E-state index contributed by atoms with van der Waals surface area (Å²) in [7, 11) is 2.83. The molecule has 0 unspecified atom stereocenters. The molecule has 9 heteroatoms. The summed E-state index contributed by atoms with van der Waals surface area (Å²) in [6.07, 6.45) is -0.139. The van der Waals surface area contributed by atoms with Gasteiger partial charge in [-0.3, -0.25) is 19.7 Å². The second kappa shape index (κ2) is 10.4. The monoisotopic (exact) mass is 441 g/mol. The average Bonchev–Trinajstić information content (AvgIpc) is 3.12. The highest BCUT2D eigenvalue weighted by Gasteiger charge is 2.20. The highest BCUT2D eigenvalue weighted by Crippen LogP contribution is 2.25. The number of aromatic nitrogens is 2. The third kappa shape index (κ3) is 5.23. The average molecular weight is 441 g/mol. The molecule has 168 valence electrons. The molecule has 3 rings (SSSR count). The van der Waals surface area contributed by atoms with E-state index >= 15 is 0 Å². The number of nitrogens with zero attached hydrogens (tertiary/aromatic N) is 2. The SMILES string of the molecule is COC(=O)Cc1[nH]n(-c2ccc(F)cc2)c(=O)c1C(C)=NCCOc1ccccc1OC. The lowest BCUT2D eigenvalue weighted by Crippen LogP contribution is -2.20. The number of aliphatic imine (C=N–C) groups is 1. The van der Waals surface area contributed by atoms with E-state index in [-0.39, 0.29) is 25.1 Å². The van der Waals surface area contributed by atoms with E-state index in [0.717, 1.165) is 0 Å². The minimum Gasteiger partial charge on any atom is -0.493 e. The number of hydrogen-bond donors (Lipinski definition) is 1. The van der Waals surface area contributed by atoms with Gasteiger partial charge in [-0.15, -0.1) is 0 Å². The van der Waals surface area contributed by atoms with Gasteiger partial charge >= 0.3 is 5.97 Å². The molecule has 0 spiro atoms. The van der Waals surface area contributed by atoms with Gasteiger partial charge in [-0.05, 0) is 43.3 Å². The molecule has 0 saturated heterocycles. The number of hydrogen-bond acceptors (Lipinski definition) is 6. The van der Waals surface area contributed by atoms with E-state index in [4.69, 9.17) is 14.2 Å². The van der Waals surface area contributed by atoms with E-state index in [1.165, 1.54) is 36.1 Å². The summed E-state index contributed by atoms with van der Waals surface area (Å²) in [5.41, 5.74) is 1.09. The summed E-state index contributed by atoms with van der Waals surface area (Å²) >= 11 is 0. The number of rotatable bonds is 9. The van der Waals surface area contributed by atoms with Crippen LogP contribution < -0.4 is 15.0 Å². The van der Waals surface area contributed by atoms with Crippen LogP contribution in [-0.2, 0) is 16.0 Å². The molecule has 8 nitrogen and oxygen atoms in total. The van der Waals surface area contributed by atoms with Crippen molar-refractivity contribution in [1.29, 1.82) is 0 Å². The van der Waals surface area contributed by atoms with Gasteiger partial charge in [0, 0.05) is 5.71 Å². The normalized spacial score (nSPS) is 11.3. The number of nitrogens with one attached hydrogen (secondary N) is 1. The number of benzene rings is 2. The van der Waals surface area contributed by atoms with Crippen LogP contribution in [0.3, 0.4) is 0 Å². The number of carbonyl (C=O) groups excluding carboxylic acids is 1. The molecule has 0 amide bonds. The van der Waals surface area contributed by atoms with Crippen LogP contribution in [0, 0.1) is 5.82 Å². The maximum absolute atomic E-state index is 13.3. The number of halogens is 1. The van der Waals surface area contributed by atoms with E-state index in [9.17, 15) is 14.0 Å². The first kappa shape index (κ1) is 22.8. The van der Waals surface area contributed by atoms with Crippen molar-refractivity contribution in [3.63, 3.8) is 0 Å². The van der Waals surface area contributed by atoms with Crippen LogP contribution in [0.2, 0.25) is 0 Å². The Bertz CT molecular complexity index is 1170. The molecule has 0 saturated carbocycles. The van der Waals surface area contributed by atoms with Crippen LogP contribution in [0.15, 0.2) is 58.3 Å². The second-order valence-electron chi connectivity index (χ2n) is 6.80. The van der Waals surface area contributed by atoms with Crippen LogP contribution in [0.4, 0.5) is 4.39 Å². The zero-order valence-corrected chi connectivity index (χ0v) is 18.1. The third-order valence-electron chi connectivity index (χ3n) is 4.73. The van der Waals surface area contributed by atoms with Crippen molar-refractivity contribution in [2.24, 2.45) is 4.99 Å². The maximum Gasteiger partial charge on any atom is 0.311 e. The highest BCUT2D eigenvalue weighted by molar-refractivity contribution is 6.00. The van der Waals surface area contributed by atoms with Gasteiger partial charge in [0.25, 0.3) is 5.56 Å². The predicted octanol–water partition coefficient (Wildman–Crippen LogP) is 2.92. The first-order valence-electron chi connectivity index (χ1n) is 9.88. The Morgan fingerprint density at radius 2 is 1.78 bits per heavy atom. The third-order valence-corrected chi connectivity index (χ3v) is 4.73. The van der Waals surface area contributed by atoms with Crippen molar-refractivity contribution in [1.82, 2.24) is 9.78 Å². The van der Waals surface area contributed by atoms with Gasteiger partial charge in [-0.2, -0.15) is 0 Å². The number of esters is 1. The number of aromatic amines is 1. The highest BCUT2D eigenvalue weighted by atomic mass is 19.1. The van der Waals surface area contributed by atoms with Crippen LogP contribution in [0.1, 0.15) is 18.2 Å². The van der Waals surface area contributed by atoms with Crippen LogP contribution in [0.25, 0.3) is 5.69 Å². The van der Waals surface area contributed by atoms with Gasteiger partial charge in [0.15, 0.2) is 11.5 Å². The molecule has 1 N–H and O–H groups in total. The lowest BCUT2D eigenvalue weighted by Gasteiger charge is -2.09. The molecule has 0 fully saturated rings. The number of carbonyl (C=O) groups is 1. The molecule has 0 aliphatic carbocycles.